The molecule has 0 fully saturated rings. The van der Waals surface area contributed by atoms with Gasteiger partial charge >= 0.3 is 11.9 Å². The van der Waals surface area contributed by atoms with E-state index in [1.165, 1.54) is 32.2 Å². The summed E-state index contributed by atoms with van der Waals surface area (Å²) >= 11 is 0. The van der Waals surface area contributed by atoms with Crippen molar-refractivity contribution in [3.05, 3.63) is 76.6 Å². The van der Waals surface area contributed by atoms with Gasteiger partial charge in [-0.1, -0.05) is 6.07 Å². The predicted molar refractivity (Wildman–Crippen MR) is 123 cm³/mol. The SMILES string of the molecule is COC(=O)CCc1c(C)nn(-c2ccc(C(=O)OC(C)C(=O)Nc3c(F)cccc3F)cc2)c1C. The van der Waals surface area contributed by atoms with Crippen LogP contribution in [0.5, 0.6) is 0 Å². The molecule has 0 saturated carbocycles. The Kier molecular flexibility index (Phi) is 7.95. The summed E-state index contributed by atoms with van der Waals surface area (Å²) in [6.45, 7) is 5.03. The molecule has 10 heteroatoms. The van der Waals surface area contributed by atoms with Gasteiger partial charge in [-0.3, -0.25) is 9.59 Å². The van der Waals surface area contributed by atoms with Crippen molar-refractivity contribution < 1.29 is 32.6 Å². The average molecular weight is 485 g/mol. The van der Waals surface area contributed by atoms with E-state index in [0.717, 1.165) is 29.1 Å². The number of benzene rings is 2. The van der Waals surface area contributed by atoms with Crippen molar-refractivity contribution in [3.8, 4) is 5.69 Å². The molecule has 1 N–H and O–H groups in total. The molecular weight excluding hydrogens is 460 g/mol. The van der Waals surface area contributed by atoms with Gasteiger partial charge in [0.15, 0.2) is 6.10 Å². The number of amides is 1. The number of ether oxygens (including phenoxy) is 2. The first-order valence-corrected chi connectivity index (χ1v) is 10.8. The molecule has 184 valence electrons. The van der Waals surface area contributed by atoms with Crippen molar-refractivity contribution in [3.63, 3.8) is 0 Å². The van der Waals surface area contributed by atoms with E-state index in [1.807, 2.05) is 13.8 Å². The molecule has 2 aromatic carbocycles. The van der Waals surface area contributed by atoms with Crippen molar-refractivity contribution >= 4 is 23.5 Å². The van der Waals surface area contributed by atoms with E-state index in [4.69, 9.17) is 9.47 Å². The van der Waals surface area contributed by atoms with Crippen LogP contribution in [0.15, 0.2) is 42.5 Å². The number of hydrogen-bond donors (Lipinski definition) is 1. The van der Waals surface area contributed by atoms with Crippen molar-refractivity contribution in [1.82, 2.24) is 9.78 Å². The molecule has 1 amide bonds. The monoisotopic (exact) mass is 485 g/mol. The van der Waals surface area contributed by atoms with Gasteiger partial charge in [0.25, 0.3) is 5.91 Å². The number of carbonyl (C=O) groups excluding carboxylic acids is 3. The van der Waals surface area contributed by atoms with Crippen LogP contribution in [0.2, 0.25) is 0 Å². The number of carbonyl (C=O) groups is 3. The Balaban J connectivity index is 1.67. The molecule has 1 aromatic heterocycles. The molecule has 1 unspecified atom stereocenters. The molecule has 8 nitrogen and oxygen atoms in total. The number of rotatable bonds is 8. The number of methoxy groups -OCH3 is 1. The maximum absolute atomic E-state index is 13.7. The molecule has 0 radical (unpaired) electrons. The normalized spacial score (nSPS) is 11.6. The van der Waals surface area contributed by atoms with Crippen LogP contribution in [0, 0.1) is 25.5 Å². The Hall–Kier alpha value is -4.08. The fourth-order valence-corrected chi connectivity index (χ4v) is 3.48. The van der Waals surface area contributed by atoms with E-state index in [0.29, 0.717) is 12.1 Å². The van der Waals surface area contributed by atoms with Gasteiger partial charge in [-0.15, -0.1) is 0 Å². The fourth-order valence-electron chi connectivity index (χ4n) is 3.48. The first-order chi connectivity index (χ1) is 16.6. The maximum atomic E-state index is 13.7. The van der Waals surface area contributed by atoms with Crippen molar-refractivity contribution in [2.24, 2.45) is 0 Å². The Bertz CT molecular complexity index is 1230. The van der Waals surface area contributed by atoms with Crippen LogP contribution in [0.4, 0.5) is 14.5 Å². The Morgan fingerprint density at radius 1 is 1.06 bits per heavy atom. The number of anilines is 1. The largest absolute Gasteiger partial charge is 0.469 e. The molecule has 3 rings (SSSR count). The lowest BCUT2D eigenvalue weighted by molar-refractivity contribution is -0.140. The van der Waals surface area contributed by atoms with Crippen LogP contribution >= 0.6 is 0 Å². The van der Waals surface area contributed by atoms with E-state index < -0.39 is 35.3 Å². The number of aromatic nitrogens is 2. The summed E-state index contributed by atoms with van der Waals surface area (Å²) in [5.74, 6) is -3.84. The second-order valence-electron chi connectivity index (χ2n) is 7.82. The molecule has 0 saturated heterocycles. The number of nitrogens with one attached hydrogen (secondary N) is 1. The summed E-state index contributed by atoms with van der Waals surface area (Å²) in [5.41, 5.74) is 2.82. The van der Waals surface area contributed by atoms with Gasteiger partial charge in [0.1, 0.15) is 17.3 Å². The minimum Gasteiger partial charge on any atom is -0.469 e. The highest BCUT2D eigenvalue weighted by atomic mass is 19.1. The predicted octanol–water partition coefficient (Wildman–Crippen LogP) is 4.06. The molecule has 0 aliphatic rings. The number of esters is 2. The number of aryl methyl sites for hydroxylation is 1. The van der Waals surface area contributed by atoms with E-state index in [-0.39, 0.29) is 18.0 Å². The minimum atomic E-state index is -1.30. The number of para-hydroxylation sites is 1. The standard InChI is InChI=1S/C25H25F2N3O5/c1-14-19(12-13-22(31)34-4)15(2)30(29-14)18-10-8-17(9-11-18)25(33)35-16(3)24(32)28-23-20(26)6-5-7-21(23)27/h5-11,16H,12-13H2,1-4H3,(H,28,32). The average Bonchev–Trinajstić information content (AvgIpc) is 3.12. The van der Waals surface area contributed by atoms with Crippen LogP contribution < -0.4 is 5.32 Å². The van der Waals surface area contributed by atoms with Crippen LogP contribution in [0.1, 0.15) is 40.7 Å². The van der Waals surface area contributed by atoms with E-state index >= 15 is 0 Å². The molecule has 1 atom stereocenters. The summed E-state index contributed by atoms with van der Waals surface area (Å²) in [4.78, 5) is 36.2. The van der Waals surface area contributed by atoms with Crippen molar-refractivity contribution in [2.45, 2.75) is 39.7 Å². The third-order valence-electron chi connectivity index (χ3n) is 5.46. The lowest BCUT2D eigenvalue weighted by atomic mass is 10.1. The van der Waals surface area contributed by atoms with Crippen LogP contribution in [-0.2, 0) is 25.5 Å². The zero-order valence-electron chi connectivity index (χ0n) is 19.7. The van der Waals surface area contributed by atoms with E-state index in [2.05, 4.69) is 10.4 Å². The first kappa shape index (κ1) is 25.5. The Morgan fingerprint density at radius 2 is 1.69 bits per heavy atom. The highest BCUT2D eigenvalue weighted by molar-refractivity contribution is 5.97. The van der Waals surface area contributed by atoms with Gasteiger partial charge in [-0.05, 0) is 69.2 Å². The molecule has 3 aromatic rings. The van der Waals surface area contributed by atoms with Crippen molar-refractivity contribution in [2.75, 3.05) is 12.4 Å². The maximum Gasteiger partial charge on any atom is 0.338 e. The van der Waals surface area contributed by atoms with Crippen LogP contribution in [0.25, 0.3) is 5.69 Å². The first-order valence-electron chi connectivity index (χ1n) is 10.8. The van der Waals surface area contributed by atoms with Gasteiger partial charge in [0.2, 0.25) is 0 Å². The molecular formula is C25H25F2N3O5. The van der Waals surface area contributed by atoms with Gasteiger partial charge in [0, 0.05) is 12.1 Å². The second kappa shape index (κ2) is 10.9. The third-order valence-corrected chi connectivity index (χ3v) is 5.46. The lowest BCUT2D eigenvalue weighted by Gasteiger charge is -2.14. The number of hydrogen-bond acceptors (Lipinski definition) is 6. The van der Waals surface area contributed by atoms with Crippen molar-refractivity contribution in [1.29, 1.82) is 0 Å². The molecule has 1 heterocycles. The Morgan fingerprint density at radius 3 is 2.29 bits per heavy atom. The van der Waals surface area contributed by atoms with Gasteiger partial charge in [-0.25, -0.2) is 18.3 Å². The molecule has 0 spiro atoms. The molecule has 35 heavy (non-hydrogen) atoms. The van der Waals surface area contributed by atoms with E-state index in [9.17, 15) is 23.2 Å². The summed E-state index contributed by atoms with van der Waals surface area (Å²) in [7, 11) is 1.34. The van der Waals surface area contributed by atoms with Gasteiger partial charge in [0.05, 0.1) is 24.1 Å². The summed E-state index contributed by atoms with van der Waals surface area (Å²) in [6, 6.07) is 9.54. The summed E-state index contributed by atoms with van der Waals surface area (Å²) in [5, 5.41) is 6.61. The lowest BCUT2D eigenvalue weighted by Crippen LogP contribution is -2.30. The molecule has 0 bridgehead atoms. The number of halogens is 2. The van der Waals surface area contributed by atoms with Crippen LogP contribution in [-0.4, -0.2) is 40.8 Å². The van der Waals surface area contributed by atoms with E-state index in [1.54, 1.807) is 16.8 Å². The van der Waals surface area contributed by atoms with Gasteiger partial charge in [-0.2, -0.15) is 5.10 Å². The smallest absolute Gasteiger partial charge is 0.338 e. The van der Waals surface area contributed by atoms with Gasteiger partial charge < -0.3 is 14.8 Å². The summed E-state index contributed by atoms with van der Waals surface area (Å²) < 4.78 is 39.0. The van der Waals surface area contributed by atoms with Crippen LogP contribution in [0.3, 0.4) is 0 Å². The Labute approximate surface area is 200 Å². The highest BCUT2D eigenvalue weighted by Crippen LogP contribution is 2.21. The second-order valence-corrected chi connectivity index (χ2v) is 7.82. The minimum absolute atomic E-state index is 0.179. The highest BCUT2D eigenvalue weighted by Gasteiger charge is 2.22. The zero-order chi connectivity index (χ0) is 25.7. The quantitative estimate of drug-likeness (QED) is 0.483. The zero-order valence-corrected chi connectivity index (χ0v) is 19.7. The molecule has 0 aliphatic heterocycles. The summed E-state index contributed by atoms with van der Waals surface area (Å²) in [6.07, 6.45) is -0.565. The third kappa shape index (κ3) is 5.89. The molecule has 0 aliphatic carbocycles. The number of nitrogens with zero attached hydrogens (tertiary/aromatic N) is 2. The fraction of sp³-hybridized carbons (Fsp3) is 0.280. The topological polar surface area (TPSA) is 99.5 Å².